The number of nitriles is 1. The van der Waals surface area contributed by atoms with Gasteiger partial charge >= 0.3 is 0 Å². The van der Waals surface area contributed by atoms with Crippen molar-refractivity contribution in [3.05, 3.63) is 39.1 Å². The van der Waals surface area contributed by atoms with Crippen molar-refractivity contribution < 1.29 is 13.9 Å². The Labute approximate surface area is 286 Å². The van der Waals surface area contributed by atoms with Gasteiger partial charge in [0.15, 0.2) is 5.82 Å². The van der Waals surface area contributed by atoms with E-state index in [4.69, 9.17) is 20.2 Å². The maximum absolute atomic E-state index is 14.7. The van der Waals surface area contributed by atoms with Gasteiger partial charge in [-0.2, -0.15) is 5.26 Å². The van der Waals surface area contributed by atoms with Crippen molar-refractivity contribution in [3.63, 3.8) is 0 Å². The summed E-state index contributed by atoms with van der Waals surface area (Å²) in [6.45, 7) is 18.6. The summed E-state index contributed by atoms with van der Waals surface area (Å²) in [7, 11) is 2.86. The first-order chi connectivity index (χ1) is 22.7. The standard InChI is InChI=1S/C27H29FN5OPS.C8H16O.C2H6/c1-13(2)21-17(8-31-15(4)33-6-5-14(3)10-33)18-11-34-12-19(18)22(25(21)35)24-23-16(7-29)27(30)36-26(23)20(28)9-32-24;1-2-3-5-8-6-4-7-9-8;1-2/h8-9,14H,5-6,10-12,30,35H2,1-4H3;8H,2-7H2,1H3;1-2H3/b17-8-,31-15?;;. The topological polar surface area (TPSA) is 96.8 Å². The molecule has 5 heterocycles. The van der Waals surface area contributed by atoms with Crippen LogP contribution in [0.1, 0.15) is 104 Å². The highest BCUT2D eigenvalue weighted by molar-refractivity contribution is 7.28. The zero-order valence-electron chi connectivity index (χ0n) is 29.1. The molecule has 0 spiro atoms. The third-order valence-corrected chi connectivity index (χ3v) is 10.6. The second-order valence-corrected chi connectivity index (χ2v) is 14.2. The molecule has 3 aliphatic heterocycles. The highest BCUT2D eigenvalue weighted by Gasteiger charge is 2.27. The summed E-state index contributed by atoms with van der Waals surface area (Å²) in [4.78, 5) is 11.7. The van der Waals surface area contributed by atoms with Crippen LogP contribution in [0.5, 0.6) is 0 Å². The van der Waals surface area contributed by atoms with E-state index in [0.29, 0.717) is 46.0 Å². The van der Waals surface area contributed by atoms with Crippen LogP contribution in [0.2, 0.25) is 0 Å². The second kappa shape index (κ2) is 17.0. The molecule has 0 amide bonds. The molecule has 254 valence electrons. The summed E-state index contributed by atoms with van der Waals surface area (Å²) in [5.41, 5.74) is 11.0. The fourth-order valence-electron chi connectivity index (χ4n) is 6.59. The highest BCUT2D eigenvalue weighted by Crippen LogP contribution is 2.41. The number of fused-ring (bicyclic) bond motifs is 2. The van der Waals surface area contributed by atoms with Crippen molar-refractivity contribution in [2.24, 2.45) is 10.9 Å². The van der Waals surface area contributed by atoms with E-state index in [2.05, 4.69) is 59.8 Å². The first kappa shape index (κ1) is 36.9. The van der Waals surface area contributed by atoms with Crippen LogP contribution in [0.3, 0.4) is 0 Å². The lowest BCUT2D eigenvalue weighted by Gasteiger charge is -2.17. The Bertz CT molecular complexity index is 1770. The van der Waals surface area contributed by atoms with Crippen LogP contribution in [0.15, 0.2) is 11.2 Å². The van der Waals surface area contributed by atoms with Crippen LogP contribution >= 0.6 is 20.6 Å². The number of aliphatic imine (C=N–C) groups is 1. The molecule has 0 radical (unpaired) electrons. The number of nitrogen functional groups attached to an aromatic ring is 1. The van der Waals surface area contributed by atoms with Gasteiger partial charge in [0.25, 0.3) is 0 Å². The van der Waals surface area contributed by atoms with Gasteiger partial charge in [-0.05, 0) is 74.0 Å². The van der Waals surface area contributed by atoms with Crippen molar-refractivity contribution in [1.29, 1.82) is 5.26 Å². The number of unbranched alkanes of at least 4 members (excludes halogenated alkanes) is 1. The monoisotopic (exact) mass is 679 g/mol. The third kappa shape index (κ3) is 8.05. The number of thiophene rings is 1. The number of nitrogens with two attached hydrogens (primary N) is 1. The van der Waals surface area contributed by atoms with Crippen molar-refractivity contribution in [2.45, 2.75) is 106 Å². The molecule has 2 N–H and O–H groups in total. The molecule has 6 rings (SSSR count). The summed E-state index contributed by atoms with van der Waals surface area (Å²) < 4.78 is 26.5. The minimum Gasteiger partial charge on any atom is -0.389 e. The van der Waals surface area contributed by atoms with E-state index in [9.17, 15) is 9.65 Å². The van der Waals surface area contributed by atoms with Gasteiger partial charge in [-0.15, -0.1) is 20.6 Å². The van der Waals surface area contributed by atoms with Gasteiger partial charge in [0.2, 0.25) is 0 Å². The Morgan fingerprint density at radius 1 is 1.26 bits per heavy atom. The average molecular weight is 680 g/mol. The van der Waals surface area contributed by atoms with Crippen LogP contribution in [0.25, 0.3) is 33.1 Å². The van der Waals surface area contributed by atoms with Gasteiger partial charge in [0.1, 0.15) is 16.9 Å². The Kier molecular flexibility index (Phi) is 13.3. The number of halogens is 1. The van der Waals surface area contributed by atoms with E-state index in [1.54, 1.807) is 0 Å². The molecule has 47 heavy (non-hydrogen) atoms. The van der Waals surface area contributed by atoms with E-state index >= 15 is 0 Å². The predicted octanol–water partition coefficient (Wildman–Crippen LogP) is 7.16. The van der Waals surface area contributed by atoms with E-state index in [1.165, 1.54) is 44.7 Å². The first-order valence-electron chi connectivity index (χ1n) is 17.0. The number of hydrogen-bond donors (Lipinski definition) is 1. The summed E-state index contributed by atoms with van der Waals surface area (Å²) in [5, 5.41) is 13.6. The fourth-order valence-corrected chi connectivity index (χ4v) is 8.26. The molecular formula is C37H51FN5O2PS. The van der Waals surface area contributed by atoms with E-state index in [-0.39, 0.29) is 5.56 Å². The van der Waals surface area contributed by atoms with E-state index < -0.39 is 5.82 Å². The van der Waals surface area contributed by atoms with Gasteiger partial charge in [0, 0.05) is 42.1 Å². The van der Waals surface area contributed by atoms with E-state index in [1.807, 2.05) is 20.0 Å². The van der Waals surface area contributed by atoms with Crippen molar-refractivity contribution in [3.8, 4) is 17.3 Å². The predicted molar refractivity (Wildman–Crippen MR) is 199 cm³/mol. The van der Waals surface area contributed by atoms with Gasteiger partial charge in [0.05, 0.1) is 41.5 Å². The summed E-state index contributed by atoms with van der Waals surface area (Å²) in [5.74, 6) is 1.21. The lowest BCUT2D eigenvalue weighted by atomic mass is 9.93. The van der Waals surface area contributed by atoms with Crippen LogP contribution in [0.4, 0.5) is 9.39 Å². The number of amidine groups is 1. The Balaban J connectivity index is 0.000000390. The summed E-state index contributed by atoms with van der Waals surface area (Å²) in [6.07, 6.45) is 11.5. The van der Waals surface area contributed by atoms with Crippen molar-refractivity contribution >= 4 is 58.6 Å². The minimum atomic E-state index is -0.477. The molecule has 2 saturated heterocycles. The third-order valence-electron chi connectivity index (χ3n) is 9.00. The molecule has 3 aromatic rings. The molecule has 2 fully saturated rings. The molecule has 0 bridgehead atoms. The number of nitrogens with zero attached hydrogens (tertiary/aromatic N) is 4. The normalized spacial score (nSPS) is 19.3. The SMILES string of the molecule is CC.CC(=N/C=c1/c2c(c(-c3ncc(F)c4sc(N)c(C#N)c34)c(P)c1=C(C)C)COC2)N1CCC(C)C1.CCCCC1CCCO1. The van der Waals surface area contributed by atoms with Gasteiger partial charge in [-0.3, -0.25) is 4.98 Å². The van der Waals surface area contributed by atoms with E-state index in [0.717, 1.165) is 74.9 Å². The molecule has 10 heteroatoms. The Hall–Kier alpha value is -2.89. The number of likely N-dealkylation sites (tertiary alicyclic amines) is 1. The molecule has 0 saturated carbocycles. The quantitative estimate of drug-likeness (QED) is 0.175. The minimum absolute atomic E-state index is 0.267. The maximum atomic E-state index is 14.7. The number of anilines is 1. The molecule has 3 atom stereocenters. The number of rotatable bonds is 5. The molecule has 3 aliphatic rings. The number of ether oxygens (including phenoxy) is 2. The zero-order valence-corrected chi connectivity index (χ0v) is 31.1. The number of hydrogen-bond acceptors (Lipinski definition) is 7. The lowest BCUT2D eigenvalue weighted by molar-refractivity contribution is 0.102. The Morgan fingerprint density at radius 3 is 2.62 bits per heavy atom. The summed E-state index contributed by atoms with van der Waals surface area (Å²) >= 11 is 1.08. The largest absolute Gasteiger partial charge is 0.389 e. The average Bonchev–Trinajstić information content (AvgIpc) is 3.88. The van der Waals surface area contributed by atoms with Gasteiger partial charge in [-0.1, -0.05) is 46.1 Å². The smallest absolute Gasteiger partial charge is 0.159 e. The fraction of sp³-hybridized carbons (Fsp3) is 0.541. The lowest BCUT2D eigenvalue weighted by Crippen LogP contribution is -2.41. The van der Waals surface area contributed by atoms with Gasteiger partial charge in [-0.25, -0.2) is 9.38 Å². The zero-order chi connectivity index (χ0) is 34.2. The van der Waals surface area contributed by atoms with Crippen LogP contribution < -0.4 is 21.5 Å². The molecule has 7 nitrogen and oxygen atoms in total. The van der Waals surface area contributed by atoms with Crippen LogP contribution in [-0.4, -0.2) is 41.5 Å². The van der Waals surface area contributed by atoms with Crippen molar-refractivity contribution in [2.75, 3.05) is 25.4 Å². The number of pyridine rings is 1. The summed E-state index contributed by atoms with van der Waals surface area (Å²) in [6, 6.07) is 2.16. The van der Waals surface area contributed by atoms with Crippen LogP contribution in [-0.2, 0) is 22.7 Å². The van der Waals surface area contributed by atoms with Crippen LogP contribution in [0, 0.1) is 23.1 Å². The Morgan fingerprint density at radius 2 is 2.00 bits per heavy atom. The highest BCUT2D eigenvalue weighted by atomic mass is 32.1. The molecule has 1 aromatic carbocycles. The number of aromatic nitrogens is 1. The second-order valence-electron chi connectivity index (χ2n) is 12.6. The van der Waals surface area contributed by atoms with Gasteiger partial charge < -0.3 is 20.1 Å². The molecular weight excluding hydrogens is 628 g/mol. The maximum Gasteiger partial charge on any atom is 0.159 e. The molecule has 2 aromatic heterocycles. The molecule has 0 aliphatic carbocycles. The first-order valence-corrected chi connectivity index (χ1v) is 18.4. The molecule has 3 unspecified atom stereocenters. The van der Waals surface area contributed by atoms with Crippen molar-refractivity contribution in [1.82, 2.24) is 9.88 Å². The number of benzene rings is 1.